The zero-order chi connectivity index (χ0) is 15.7. The van der Waals surface area contributed by atoms with E-state index in [1.54, 1.807) is 26.4 Å². The molecule has 1 aromatic carbocycles. The van der Waals surface area contributed by atoms with Crippen molar-refractivity contribution in [2.45, 2.75) is 18.9 Å². The first-order valence-electron chi connectivity index (χ1n) is 7.09. The van der Waals surface area contributed by atoms with Gasteiger partial charge in [-0.3, -0.25) is 4.90 Å². The molecule has 0 unspecified atom stereocenters. The van der Waals surface area contributed by atoms with Crippen LogP contribution in [-0.2, 0) is 0 Å². The molecular weight excluding hydrogens is 306 g/mol. The van der Waals surface area contributed by atoms with Crippen LogP contribution in [0.5, 0.6) is 11.5 Å². The molecule has 22 heavy (non-hydrogen) atoms. The van der Waals surface area contributed by atoms with Crippen LogP contribution in [0.15, 0.2) is 16.7 Å². The molecule has 7 heteroatoms. The number of rotatable bonds is 4. The summed E-state index contributed by atoms with van der Waals surface area (Å²) >= 11 is 6.22. The lowest BCUT2D eigenvalue weighted by atomic mass is 10.2. The zero-order valence-electron chi connectivity index (χ0n) is 12.8. The molecule has 6 nitrogen and oxygen atoms in total. The Morgan fingerprint density at radius 1 is 1.32 bits per heavy atom. The van der Waals surface area contributed by atoms with E-state index in [1.165, 1.54) is 0 Å². The number of ether oxygens (including phenoxy) is 2. The highest BCUT2D eigenvalue weighted by atomic mass is 35.5. The number of nitrogens with zero attached hydrogens (tertiary/aromatic N) is 3. The van der Waals surface area contributed by atoms with Gasteiger partial charge in [-0.2, -0.15) is 4.98 Å². The van der Waals surface area contributed by atoms with Crippen LogP contribution < -0.4 is 9.47 Å². The van der Waals surface area contributed by atoms with Gasteiger partial charge in [-0.05, 0) is 38.6 Å². The summed E-state index contributed by atoms with van der Waals surface area (Å²) in [6.07, 6.45) is 2.17. The van der Waals surface area contributed by atoms with Crippen LogP contribution in [-0.4, -0.2) is 42.9 Å². The summed E-state index contributed by atoms with van der Waals surface area (Å²) in [5, 5.41) is 4.52. The molecule has 118 valence electrons. The van der Waals surface area contributed by atoms with Gasteiger partial charge >= 0.3 is 0 Å². The van der Waals surface area contributed by atoms with Gasteiger partial charge in [-0.15, -0.1) is 0 Å². The van der Waals surface area contributed by atoms with E-state index in [0.29, 0.717) is 28.2 Å². The standard InChI is InChI=1S/C15H18ClN3O3/c1-19-6-4-5-11(19)15-17-14(18-22-15)9-7-10(16)13(21-3)12(8-9)20-2/h7-8,11H,4-6H2,1-3H3/t11-/m1/s1. The van der Waals surface area contributed by atoms with Gasteiger partial charge in [-0.25, -0.2) is 0 Å². The van der Waals surface area contributed by atoms with Gasteiger partial charge in [0, 0.05) is 5.56 Å². The molecule has 1 saturated heterocycles. The van der Waals surface area contributed by atoms with Crippen molar-refractivity contribution >= 4 is 11.6 Å². The Morgan fingerprint density at radius 2 is 2.14 bits per heavy atom. The maximum Gasteiger partial charge on any atom is 0.244 e. The second-order valence-electron chi connectivity index (χ2n) is 5.29. The summed E-state index contributed by atoms with van der Waals surface area (Å²) in [5.74, 6) is 2.17. The van der Waals surface area contributed by atoms with Gasteiger partial charge in [-0.1, -0.05) is 16.8 Å². The lowest BCUT2D eigenvalue weighted by Crippen LogP contribution is -2.17. The number of hydrogen-bond donors (Lipinski definition) is 0. The maximum absolute atomic E-state index is 6.22. The number of hydrogen-bond acceptors (Lipinski definition) is 6. The predicted octanol–water partition coefficient (Wildman–Crippen LogP) is 3.17. The highest BCUT2D eigenvalue weighted by molar-refractivity contribution is 6.32. The van der Waals surface area contributed by atoms with E-state index < -0.39 is 0 Å². The van der Waals surface area contributed by atoms with E-state index >= 15 is 0 Å². The molecule has 2 aromatic rings. The molecule has 0 N–H and O–H groups in total. The second kappa shape index (κ2) is 6.14. The van der Waals surface area contributed by atoms with Crippen molar-refractivity contribution in [3.05, 3.63) is 23.0 Å². The minimum absolute atomic E-state index is 0.192. The Kier molecular flexibility index (Phi) is 4.22. The number of benzene rings is 1. The Hall–Kier alpha value is -1.79. The topological polar surface area (TPSA) is 60.6 Å². The minimum Gasteiger partial charge on any atom is -0.493 e. The first-order chi connectivity index (χ1) is 10.6. The van der Waals surface area contributed by atoms with Crippen LogP contribution in [0.3, 0.4) is 0 Å². The fourth-order valence-electron chi connectivity index (χ4n) is 2.76. The van der Waals surface area contributed by atoms with Crippen LogP contribution in [0.4, 0.5) is 0 Å². The molecule has 0 aliphatic carbocycles. The molecule has 0 spiro atoms. The van der Waals surface area contributed by atoms with Crippen LogP contribution in [0.25, 0.3) is 11.4 Å². The van der Waals surface area contributed by atoms with Crippen LogP contribution >= 0.6 is 11.6 Å². The van der Waals surface area contributed by atoms with Gasteiger partial charge in [0.1, 0.15) is 0 Å². The summed E-state index contributed by atoms with van der Waals surface area (Å²) in [5.41, 5.74) is 0.735. The third-order valence-corrected chi connectivity index (χ3v) is 4.22. The number of likely N-dealkylation sites (tertiary alicyclic amines) is 1. The van der Waals surface area contributed by atoms with Gasteiger partial charge in [0.2, 0.25) is 11.7 Å². The van der Waals surface area contributed by atoms with Crippen molar-refractivity contribution in [1.29, 1.82) is 0 Å². The van der Waals surface area contributed by atoms with Crippen molar-refractivity contribution in [3.8, 4) is 22.9 Å². The molecule has 1 aliphatic heterocycles. The Labute approximate surface area is 134 Å². The minimum atomic E-state index is 0.192. The maximum atomic E-state index is 6.22. The lowest BCUT2D eigenvalue weighted by molar-refractivity contribution is 0.245. The van der Waals surface area contributed by atoms with E-state index in [9.17, 15) is 0 Å². The summed E-state index contributed by atoms with van der Waals surface area (Å²) in [7, 11) is 5.17. The van der Waals surface area contributed by atoms with Gasteiger partial charge in [0.15, 0.2) is 11.5 Å². The van der Waals surface area contributed by atoms with E-state index in [1.807, 2.05) is 0 Å². The fraction of sp³-hybridized carbons (Fsp3) is 0.467. The van der Waals surface area contributed by atoms with Crippen LogP contribution in [0.1, 0.15) is 24.8 Å². The molecular formula is C15H18ClN3O3. The first kappa shape index (κ1) is 15.1. The van der Waals surface area contributed by atoms with Crippen molar-refractivity contribution in [3.63, 3.8) is 0 Å². The van der Waals surface area contributed by atoms with Crippen LogP contribution in [0.2, 0.25) is 5.02 Å². The highest BCUT2D eigenvalue weighted by Crippen LogP contribution is 2.39. The SMILES string of the molecule is COc1cc(-c2noc([C@H]3CCCN3C)n2)cc(Cl)c1OC. The molecule has 1 atom stereocenters. The highest BCUT2D eigenvalue weighted by Gasteiger charge is 2.28. The third kappa shape index (κ3) is 2.64. The number of methoxy groups -OCH3 is 2. The lowest BCUT2D eigenvalue weighted by Gasteiger charge is -2.14. The second-order valence-corrected chi connectivity index (χ2v) is 5.70. The summed E-state index contributed by atoms with van der Waals surface area (Å²) in [6.45, 7) is 1.05. The Morgan fingerprint density at radius 3 is 2.77 bits per heavy atom. The predicted molar refractivity (Wildman–Crippen MR) is 82.5 cm³/mol. The average molecular weight is 324 g/mol. The van der Waals surface area contributed by atoms with E-state index in [-0.39, 0.29) is 6.04 Å². The average Bonchev–Trinajstić information content (AvgIpc) is 3.14. The third-order valence-electron chi connectivity index (χ3n) is 3.94. The Balaban J connectivity index is 1.95. The smallest absolute Gasteiger partial charge is 0.244 e. The number of aromatic nitrogens is 2. The van der Waals surface area contributed by atoms with Crippen LogP contribution in [0, 0.1) is 0 Å². The number of halogens is 1. The zero-order valence-corrected chi connectivity index (χ0v) is 13.6. The molecule has 0 bridgehead atoms. The van der Waals surface area contributed by atoms with E-state index in [4.69, 9.17) is 25.6 Å². The van der Waals surface area contributed by atoms with Gasteiger partial charge in [0.05, 0.1) is 25.3 Å². The molecule has 3 rings (SSSR count). The fourth-order valence-corrected chi connectivity index (χ4v) is 3.04. The molecule has 1 aliphatic rings. The summed E-state index contributed by atoms with van der Waals surface area (Å²) in [6, 6.07) is 3.73. The molecule has 0 radical (unpaired) electrons. The largest absolute Gasteiger partial charge is 0.493 e. The van der Waals surface area contributed by atoms with Crippen molar-refractivity contribution in [1.82, 2.24) is 15.0 Å². The van der Waals surface area contributed by atoms with Gasteiger partial charge in [0.25, 0.3) is 0 Å². The summed E-state index contributed by atoms with van der Waals surface area (Å²) < 4.78 is 16.0. The van der Waals surface area contributed by atoms with Crippen molar-refractivity contribution in [2.75, 3.05) is 27.8 Å². The first-order valence-corrected chi connectivity index (χ1v) is 7.47. The van der Waals surface area contributed by atoms with Crippen molar-refractivity contribution < 1.29 is 14.0 Å². The van der Waals surface area contributed by atoms with E-state index in [2.05, 4.69) is 22.1 Å². The molecule has 1 aromatic heterocycles. The molecule has 2 heterocycles. The Bertz CT molecular complexity index is 674. The normalized spacial score (nSPS) is 18.6. The van der Waals surface area contributed by atoms with Crippen molar-refractivity contribution in [2.24, 2.45) is 0 Å². The molecule has 0 amide bonds. The molecule has 0 saturated carbocycles. The quantitative estimate of drug-likeness (QED) is 0.861. The van der Waals surface area contributed by atoms with E-state index in [0.717, 1.165) is 24.9 Å². The monoisotopic (exact) mass is 323 g/mol. The summed E-state index contributed by atoms with van der Waals surface area (Å²) in [4.78, 5) is 6.73. The molecule has 1 fully saturated rings. The van der Waals surface area contributed by atoms with Gasteiger partial charge < -0.3 is 14.0 Å².